The number of halogens is 3. The molecule has 0 aliphatic rings. The molecule has 0 atom stereocenters. The first-order valence-electron chi connectivity index (χ1n) is 3.48. The summed E-state index contributed by atoms with van der Waals surface area (Å²) < 4.78 is 0. The highest BCUT2D eigenvalue weighted by molar-refractivity contribution is 6.43. The summed E-state index contributed by atoms with van der Waals surface area (Å²) in [6.45, 7) is 0.278. The summed E-state index contributed by atoms with van der Waals surface area (Å²) in [6.07, 6.45) is 0. The van der Waals surface area contributed by atoms with Crippen molar-refractivity contribution in [2.75, 3.05) is 6.54 Å². The summed E-state index contributed by atoms with van der Waals surface area (Å²) >= 11 is 17.4. The Hall–Kier alpha value is -0.390. The molecule has 4 heteroatoms. The van der Waals surface area contributed by atoms with Crippen LogP contribution in [0.1, 0.15) is 5.56 Å². The smallest absolute Gasteiger partial charge is 0.0749 e. The van der Waals surface area contributed by atoms with Gasteiger partial charge in [0.05, 0.1) is 16.6 Å². The highest BCUT2D eigenvalue weighted by Gasteiger charge is 2.04. The first-order valence-corrected chi connectivity index (χ1v) is 4.62. The lowest BCUT2D eigenvalue weighted by atomic mass is 10.2. The second kappa shape index (κ2) is 4.74. The monoisotopic (exact) mass is 233 g/mol. The number of hydrogen-bond donors (Lipinski definition) is 1. The molecule has 0 fully saturated rings. The molecule has 0 saturated carbocycles. The molecule has 0 radical (unpaired) electrons. The van der Waals surface area contributed by atoms with Crippen LogP contribution in [0.15, 0.2) is 12.1 Å². The van der Waals surface area contributed by atoms with E-state index in [0.717, 1.165) is 0 Å². The topological polar surface area (TPSA) is 26.0 Å². The molecule has 0 aromatic heterocycles. The Morgan fingerprint density at radius 1 is 1.23 bits per heavy atom. The molecule has 0 unspecified atom stereocenters. The SMILES string of the molecule is NCC#Cc1cc(Cl)cc(Cl)c1Cl. The minimum atomic E-state index is 0.278. The quantitative estimate of drug-likeness (QED) is 0.542. The van der Waals surface area contributed by atoms with E-state index in [-0.39, 0.29) is 6.54 Å². The summed E-state index contributed by atoms with van der Waals surface area (Å²) in [5.41, 5.74) is 5.82. The molecule has 0 bridgehead atoms. The minimum absolute atomic E-state index is 0.278. The van der Waals surface area contributed by atoms with Crippen LogP contribution in [-0.4, -0.2) is 6.54 Å². The van der Waals surface area contributed by atoms with Crippen LogP contribution >= 0.6 is 34.8 Å². The first-order chi connectivity index (χ1) is 6.15. The molecule has 0 spiro atoms. The summed E-state index contributed by atoms with van der Waals surface area (Å²) in [6, 6.07) is 3.22. The summed E-state index contributed by atoms with van der Waals surface area (Å²) in [5, 5.41) is 1.32. The van der Waals surface area contributed by atoms with E-state index in [1.807, 2.05) is 0 Å². The van der Waals surface area contributed by atoms with Crippen molar-refractivity contribution in [3.05, 3.63) is 32.8 Å². The summed E-state index contributed by atoms with van der Waals surface area (Å²) in [4.78, 5) is 0. The lowest BCUT2D eigenvalue weighted by Crippen LogP contribution is -1.93. The third-order valence-electron chi connectivity index (χ3n) is 1.32. The molecule has 68 valence electrons. The van der Waals surface area contributed by atoms with Crippen molar-refractivity contribution >= 4 is 34.8 Å². The van der Waals surface area contributed by atoms with Crippen molar-refractivity contribution in [2.45, 2.75) is 0 Å². The average molecular weight is 235 g/mol. The third kappa shape index (κ3) is 2.79. The van der Waals surface area contributed by atoms with E-state index in [1.54, 1.807) is 12.1 Å². The molecule has 0 heterocycles. The molecule has 13 heavy (non-hydrogen) atoms. The van der Waals surface area contributed by atoms with Gasteiger partial charge < -0.3 is 5.73 Å². The van der Waals surface area contributed by atoms with Gasteiger partial charge in [0.1, 0.15) is 0 Å². The highest BCUT2D eigenvalue weighted by atomic mass is 35.5. The van der Waals surface area contributed by atoms with Gasteiger partial charge in [0, 0.05) is 10.6 Å². The fourth-order valence-electron chi connectivity index (χ4n) is 0.793. The summed E-state index contributed by atoms with van der Waals surface area (Å²) in [5.74, 6) is 5.45. The number of hydrogen-bond acceptors (Lipinski definition) is 1. The van der Waals surface area contributed by atoms with Crippen molar-refractivity contribution in [3.8, 4) is 11.8 Å². The maximum Gasteiger partial charge on any atom is 0.0749 e. The van der Waals surface area contributed by atoms with Crippen LogP contribution in [0.25, 0.3) is 0 Å². The normalized spacial score (nSPS) is 9.23. The highest BCUT2D eigenvalue weighted by Crippen LogP contribution is 2.28. The zero-order valence-corrected chi connectivity index (χ0v) is 8.84. The predicted molar refractivity (Wildman–Crippen MR) is 57.4 cm³/mol. The number of benzene rings is 1. The Morgan fingerprint density at radius 3 is 2.54 bits per heavy atom. The molecular formula is C9H6Cl3N. The average Bonchev–Trinajstić information content (AvgIpc) is 2.09. The Kier molecular flexibility index (Phi) is 3.90. The van der Waals surface area contributed by atoms with E-state index < -0.39 is 0 Å². The molecule has 1 nitrogen and oxygen atoms in total. The van der Waals surface area contributed by atoms with Crippen LogP contribution < -0.4 is 5.73 Å². The van der Waals surface area contributed by atoms with Gasteiger partial charge in [-0.2, -0.15) is 0 Å². The molecule has 0 aliphatic carbocycles. The lowest BCUT2D eigenvalue weighted by Gasteiger charge is -1.99. The third-order valence-corrected chi connectivity index (χ3v) is 2.34. The summed E-state index contributed by atoms with van der Waals surface area (Å²) in [7, 11) is 0. The van der Waals surface area contributed by atoms with Gasteiger partial charge in [0.25, 0.3) is 0 Å². The van der Waals surface area contributed by atoms with Crippen LogP contribution in [-0.2, 0) is 0 Å². The Morgan fingerprint density at radius 2 is 1.92 bits per heavy atom. The zero-order valence-electron chi connectivity index (χ0n) is 6.57. The Labute approximate surface area is 91.8 Å². The van der Waals surface area contributed by atoms with Crippen molar-refractivity contribution < 1.29 is 0 Å². The van der Waals surface area contributed by atoms with Gasteiger partial charge in [0.2, 0.25) is 0 Å². The van der Waals surface area contributed by atoms with Crippen LogP contribution in [0.2, 0.25) is 15.1 Å². The fourth-order valence-corrected chi connectivity index (χ4v) is 1.44. The van der Waals surface area contributed by atoms with E-state index in [2.05, 4.69) is 11.8 Å². The van der Waals surface area contributed by atoms with Gasteiger partial charge in [-0.1, -0.05) is 46.6 Å². The molecule has 0 saturated heterocycles. The van der Waals surface area contributed by atoms with E-state index in [0.29, 0.717) is 20.6 Å². The molecule has 1 rings (SSSR count). The van der Waals surface area contributed by atoms with Crippen LogP contribution in [0.3, 0.4) is 0 Å². The maximum absolute atomic E-state index is 5.87. The van der Waals surface area contributed by atoms with Crippen LogP contribution in [0.4, 0.5) is 0 Å². The van der Waals surface area contributed by atoms with Gasteiger partial charge in [0.15, 0.2) is 0 Å². The van der Waals surface area contributed by atoms with Gasteiger partial charge >= 0.3 is 0 Å². The largest absolute Gasteiger partial charge is 0.320 e. The lowest BCUT2D eigenvalue weighted by molar-refractivity contribution is 1.30. The second-order valence-electron chi connectivity index (χ2n) is 2.26. The number of nitrogens with two attached hydrogens (primary N) is 1. The van der Waals surface area contributed by atoms with Gasteiger partial charge in [-0.15, -0.1) is 0 Å². The van der Waals surface area contributed by atoms with Crippen molar-refractivity contribution in [2.24, 2.45) is 5.73 Å². The predicted octanol–water partition coefficient (Wildman–Crippen LogP) is 2.96. The van der Waals surface area contributed by atoms with E-state index in [4.69, 9.17) is 40.5 Å². The van der Waals surface area contributed by atoms with E-state index in [9.17, 15) is 0 Å². The maximum atomic E-state index is 5.87. The molecule has 1 aromatic rings. The van der Waals surface area contributed by atoms with Gasteiger partial charge in [-0.3, -0.25) is 0 Å². The molecule has 0 amide bonds. The number of rotatable bonds is 0. The molecular weight excluding hydrogens is 228 g/mol. The Balaban J connectivity index is 3.20. The molecule has 2 N–H and O–H groups in total. The second-order valence-corrected chi connectivity index (χ2v) is 3.48. The van der Waals surface area contributed by atoms with Crippen LogP contribution in [0.5, 0.6) is 0 Å². The minimum Gasteiger partial charge on any atom is -0.320 e. The van der Waals surface area contributed by atoms with E-state index >= 15 is 0 Å². The van der Waals surface area contributed by atoms with Crippen molar-refractivity contribution in [1.29, 1.82) is 0 Å². The van der Waals surface area contributed by atoms with Crippen molar-refractivity contribution in [3.63, 3.8) is 0 Å². The van der Waals surface area contributed by atoms with E-state index in [1.165, 1.54) is 0 Å². The zero-order chi connectivity index (χ0) is 9.84. The van der Waals surface area contributed by atoms with Gasteiger partial charge in [-0.25, -0.2) is 0 Å². The molecule has 0 aliphatic heterocycles. The standard InChI is InChI=1S/C9H6Cl3N/c10-7-4-6(2-1-3-13)9(12)8(11)5-7/h4-5H,3,13H2. The van der Waals surface area contributed by atoms with Gasteiger partial charge in [-0.05, 0) is 12.1 Å². The first kappa shape index (κ1) is 10.7. The fraction of sp³-hybridized carbons (Fsp3) is 0.111. The Bertz CT molecular complexity index is 376. The van der Waals surface area contributed by atoms with Crippen LogP contribution in [0, 0.1) is 11.8 Å². The molecule has 1 aromatic carbocycles. The van der Waals surface area contributed by atoms with Crippen molar-refractivity contribution in [1.82, 2.24) is 0 Å².